The van der Waals surface area contributed by atoms with Gasteiger partial charge < -0.3 is 0 Å². The van der Waals surface area contributed by atoms with Crippen LogP contribution in [0.2, 0.25) is 5.02 Å². The monoisotopic (exact) mass is 442 g/mol. The molecule has 0 N–H and O–H groups in total. The third kappa shape index (κ3) is 2.91. The second-order valence-corrected chi connectivity index (χ2v) is 9.47. The topological polar surface area (TPSA) is 74.8 Å². The van der Waals surface area contributed by atoms with E-state index >= 15 is 0 Å². The fourth-order valence-electron chi connectivity index (χ4n) is 5.29. The number of carbonyl (C=O) groups excluding carboxylic acids is 4. The number of benzene rings is 1. The highest BCUT2D eigenvalue weighted by Gasteiger charge is 2.62. The van der Waals surface area contributed by atoms with E-state index in [2.05, 4.69) is 0 Å². The zero-order valence-corrected chi connectivity index (χ0v) is 17.6. The van der Waals surface area contributed by atoms with Crippen molar-refractivity contribution >= 4 is 46.4 Å². The van der Waals surface area contributed by atoms with Gasteiger partial charge in [0.1, 0.15) is 6.54 Å². The van der Waals surface area contributed by atoms with Crippen molar-refractivity contribution in [1.82, 2.24) is 10.0 Å². The molecule has 154 valence electrons. The van der Waals surface area contributed by atoms with Crippen molar-refractivity contribution in [3.63, 3.8) is 0 Å². The second-order valence-electron chi connectivity index (χ2n) is 8.12. The SMILES string of the molecule is O=C(CN(C(=O)c1ccccc1Cl)N1C(=O)[C@H]2[C@H]3CC[C@@H](C3)[C@@H]2C1=O)c1cccs1. The minimum absolute atomic E-state index is 0.152. The summed E-state index contributed by atoms with van der Waals surface area (Å²) in [6, 6.07) is 9.84. The number of Topliss-reactive ketones (excluding diaryl/α,β-unsaturated/α-hetero) is 1. The predicted molar refractivity (Wildman–Crippen MR) is 111 cm³/mol. The lowest BCUT2D eigenvalue weighted by Gasteiger charge is -2.30. The standard InChI is InChI=1S/C22H19ClN2O4S/c23-15-5-2-1-4-14(15)20(27)24(11-16(26)17-6-3-9-30-17)25-21(28)18-12-7-8-13(10-12)19(18)22(25)29/h1-6,9,12-13,18-19H,7-8,10-11H2/t12-,13-,18-,19-/m0/s1. The first-order valence-electron chi connectivity index (χ1n) is 9.98. The van der Waals surface area contributed by atoms with Crippen molar-refractivity contribution < 1.29 is 19.2 Å². The molecule has 3 amide bonds. The molecule has 0 unspecified atom stereocenters. The van der Waals surface area contributed by atoms with Crippen LogP contribution < -0.4 is 0 Å². The summed E-state index contributed by atoms with van der Waals surface area (Å²) in [7, 11) is 0. The fraction of sp³-hybridized carbons (Fsp3) is 0.364. The van der Waals surface area contributed by atoms with E-state index in [1.165, 1.54) is 17.4 Å². The van der Waals surface area contributed by atoms with Crippen LogP contribution in [0, 0.1) is 23.7 Å². The Morgan fingerprint density at radius 3 is 2.30 bits per heavy atom. The average Bonchev–Trinajstić information content (AvgIpc) is 3.52. The van der Waals surface area contributed by atoms with Crippen LogP contribution in [0.3, 0.4) is 0 Å². The number of nitrogens with zero attached hydrogens (tertiary/aromatic N) is 2. The van der Waals surface area contributed by atoms with Gasteiger partial charge in [-0.2, -0.15) is 5.01 Å². The van der Waals surface area contributed by atoms with Gasteiger partial charge in [-0.15, -0.1) is 11.3 Å². The van der Waals surface area contributed by atoms with Gasteiger partial charge in [0.25, 0.3) is 17.7 Å². The van der Waals surface area contributed by atoms with Gasteiger partial charge in [-0.25, -0.2) is 5.01 Å². The van der Waals surface area contributed by atoms with Gasteiger partial charge in [-0.3, -0.25) is 19.2 Å². The molecule has 8 heteroatoms. The van der Waals surface area contributed by atoms with Crippen LogP contribution in [-0.2, 0) is 9.59 Å². The average molecular weight is 443 g/mol. The smallest absolute Gasteiger partial charge is 0.274 e. The number of imide groups is 1. The van der Waals surface area contributed by atoms with E-state index in [0.717, 1.165) is 29.3 Å². The highest BCUT2D eigenvalue weighted by Crippen LogP contribution is 2.56. The van der Waals surface area contributed by atoms with Gasteiger partial charge in [-0.05, 0) is 54.7 Å². The van der Waals surface area contributed by atoms with Crippen LogP contribution in [0.5, 0.6) is 0 Å². The highest BCUT2D eigenvalue weighted by atomic mass is 35.5. The molecule has 4 atom stereocenters. The van der Waals surface area contributed by atoms with Crippen molar-refractivity contribution in [2.75, 3.05) is 6.54 Å². The van der Waals surface area contributed by atoms with Gasteiger partial charge in [0, 0.05) is 0 Å². The number of halogens is 1. The summed E-state index contributed by atoms with van der Waals surface area (Å²) in [6.45, 7) is -0.392. The van der Waals surface area contributed by atoms with E-state index in [1.54, 1.807) is 35.7 Å². The Morgan fingerprint density at radius 2 is 1.70 bits per heavy atom. The minimum Gasteiger partial charge on any atom is -0.291 e. The fourth-order valence-corrected chi connectivity index (χ4v) is 6.16. The van der Waals surface area contributed by atoms with Gasteiger partial charge in [0.05, 0.1) is 27.3 Å². The van der Waals surface area contributed by atoms with Crippen LogP contribution in [0.25, 0.3) is 0 Å². The summed E-state index contributed by atoms with van der Waals surface area (Å²) >= 11 is 7.47. The van der Waals surface area contributed by atoms with Crippen molar-refractivity contribution in [3.05, 3.63) is 57.2 Å². The molecule has 1 aliphatic heterocycles. The molecule has 3 aliphatic rings. The van der Waals surface area contributed by atoms with E-state index < -0.39 is 12.5 Å². The molecule has 0 spiro atoms. The maximum absolute atomic E-state index is 13.4. The molecular weight excluding hydrogens is 424 g/mol. The molecule has 0 radical (unpaired) electrons. The van der Waals surface area contributed by atoms with Crippen LogP contribution >= 0.6 is 22.9 Å². The maximum atomic E-state index is 13.4. The van der Waals surface area contributed by atoms with E-state index in [1.807, 2.05) is 0 Å². The first-order chi connectivity index (χ1) is 14.5. The minimum atomic E-state index is -0.625. The first kappa shape index (κ1) is 19.5. The van der Waals surface area contributed by atoms with E-state index in [9.17, 15) is 19.2 Å². The molecule has 2 saturated carbocycles. The maximum Gasteiger partial charge on any atom is 0.274 e. The van der Waals surface area contributed by atoms with Crippen molar-refractivity contribution in [2.24, 2.45) is 23.7 Å². The quantitative estimate of drug-likeness (QED) is 0.523. The van der Waals surface area contributed by atoms with Crippen LogP contribution in [0.1, 0.15) is 39.3 Å². The van der Waals surface area contributed by atoms with Gasteiger partial charge in [-0.1, -0.05) is 29.8 Å². The molecule has 2 heterocycles. The lowest BCUT2D eigenvalue weighted by atomic mass is 9.81. The molecule has 5 rings (SSSR count). The van der Waals surface area contributed by atoms with Crippen molar-refractivity contribution in [2.45, 2.75) is 19.3 Å². The van der Waals surface area contributed by atoms with Crippen LogP contribution in [0.4, 0.5) is 0 Å². The van der Waals surface area contributed by atoms with E-state index in [0.29, 0.717) is 4.88 Å². The molecule has 2 aliphatic carbocycles. The lowest BCUT2D eigenvalue weighted by molar-refractivity contribution is -0.154. The molecule has 2 bridgehead atoms. The van der Waals surface area contributed by atoms with E-state index in [4.69, 9.17) is 11.6 Å². The summed E-state index contributed by atoms with van der Waals surface area (Å²) in [5, 5.41) is 3.92. The lowest BCUT2D eigenvalue weighted by Crippen LogP contribution is -2.52. The summed E-state index contributed by atoms with van der Waals surface area (Å²) in [4.78, 5) is 53.3. The molecule has 3 fully saturated rings. The predicted octanol–water partition coefficient (Wildman–Crippen LogP) is 3.67. The van der Waals surface area contributed by atoms with Gasteiger partial charge in [0.2, 0.25) is 0 Å². The highest BCUT2D eigenvalue weighted by molar-refractivity contribution is 7.12. The molecule has 1 aromatic carbocycles. The molecular formula is C22H19ClN2O4S. The third-order valence-electron chi connectivity index (χ3n) is 6.57. The van der Waals surface area contributed by atoms with Gasteiger partial charge >= 0.3 is 0 Å². The number of carbonyl (C=O) groups is 4. The second kappa shape index (κ2) is 7.32. The number of thiophene rings is 1. The number of hydrogen-bond donors (Lipinski definition) is 0. The zero-order valence-electron chi connectivity index (χ0n) is 16.0. The van der Waals surface area contributed by atoms with Crippen molar-refractivity contribution in [3.8, 4) is 0 Å². The number of ketones is 1. The van der Waals surface area contributed by atoms with Gasteiger partial charge in [0.15, 0.2) is 5.78 Å². The number of hydrogen-bond acceptors (Lipinski definition) is 5. The Hall–Kier alpha value is -2.51. The third-order valence-corrected chi connectivity index (χ3v) is 7.81. The molecule has 1 aromatic heterocycles. The summed E-state index contributed by atoms with van der Waals surface area (Å²) in [5.41, 5.74) is 0.152. The Balaban J connectivity index is 1.52. The Labute approximate surface area is 182 Å². The normalized spacial score (nSPS) is 26.9. The molecule has 2 aromatic rings. The van der Waals surface area contributed by atoms with Crippen molar-refractivity contribution in [1.29, 1.82) is 0 Å². The number of hydrazine groups is 1. The molecule has 30 heavy (non-hydrogen) atoms. The molecule has 1 saturated heterocycles. The number of rotatable bonds is 5. The Morgan fingerprint density at radius 1 is 1.03 bits per heavy atom. The zero-order chi connectivity index (χ0) is 21.0. The first-order valence-corrected chi connectivity index (χ1v) is 11.2. The largest absolute Gasteiger partial charge is 0.291 e. The number of amides is 3. The summed E-state index contributed by atoms with van der Waals surface area (Å²) in [6.07, 6.45) is 2.77. The number of fused-ring (bicyclic) bond motifs is 5. The summed E-state index contributed by atoms with van der Waals surface area (Å²) in [5.74, 6) is -2.07. The van der Waals surface area contributed by atoms with Crippen LogP contribution in [-0.4, -0.2) is 40.1 Å². The molecule has 6 nitrogen and oxygen atoms in total. The van der Waals surface area contributed by atoms with E-state index in [-0.39, 0.29) is 51.9 Å². The van der Waals surface area contributed by atoms with Crippen LogP contribution in [0.15, 0.2) is 41.8 Å². The Bertz CT molecular complexity index is 1030. The Kier molecular flexibility index (Phi) is 4.75. The summed E-state index contributed by atoms with van der Waals surface area (Å²) < 4.78 is 0.